The van der Waals surface area contributed by atoms with Crippen LogP contribution in [0, 0.1) is 0 Å². The van der Waals surface area contributed by atoms with Gasteiger partial charge in [-0.15, -0.1) is 0 Å². The van der Waals surface area contributed by atoms with Gasteiger partial charge in [0, 0.05) is 19.2 Å². The highest BCUT2D eigenvalue weighted by atomic mass is 16.1. The van der Waals surface area contributed by atoms with Gasteiger partial charge < -0.3 is 16.4 Å². The van der Waals surface area contributed by atoms with E-state index >= 15 is 0 Å². The Hall–Kier alpha value is -1.71. The van der Waals surface area contributed by atoms with Gasteiger partial charge in [-0.3, -0.25) is 4.79 Å². The number of nitrogen functional groups attached to an aromatic ring is 1. The molecule has 0 bridgehead atoms. The minimum atomic E-state index is -0.434. The Morgan fingerprint density at radius 1 is 1.50 bits per heavy atom. The molecule has 0 radical (unpaired) electrons. The Labute approximate surface area is 83.5 Å². The summed E-state index contributed by atoms with van der Waals surface area (Å²) in [6.07, 6.45) is 0. The van der Waals surface area contributed by atoms with Crippen molar-refractivity contribution < 1.29 is 4.79 Å². The standard InChI is InChI=1S/C10H15N3O/c1-3-13(2)9-6-7(10(12)14)4-5-8(9)11/h4-6H,3,11H2,1-2H3,(H2,12,14). The van der Waals surface area contributed by atoms with Gasteiger partial charge in [0.25, 0.3) is 0 Å². The summed E-state index contributed by atoms with van der Waals surface area (Å²) in [7, 11) is 1.91. The lowest BCUT2D eigenvalue weighted by Crippen LogP contribution is -2.19. The van der Waals surface area contributed by atoms with Crippen LogP contribution in [-0.2, 0) is 0 Å². The quantitative estimate of drug-likeness (QED) is 0.698. The lowest BCUT2D eigenvalue weighted by molar-refractivity contribution is 0.100. The topological polar surface area (TPSA) is 72.3 Å². The Morgan fingerprint density at radius 2 is 2.14 bits per heavy atom. The molecule has 1 aromatic carbocycles. The van der Waals surface area contributed by atoms with Crippen molar-refractivity contribution in [3.8, 4) is 0 Å². The summed E-state index contributed by atoms with van der Waals surface area (Å²) < 4.78 is 0. The lowest BCUT2D eigenvalue weighted by Gasteiger charge is -2.19. The zero-order valence-corrected chi connectivity index (χ0v) is 8.45. The number of primary amides is 1. The first-order valence-electron chi connectivity index (χ1n) is 4.46. The summed E-state index contributed by atoms with van der Waals surface area (Å²) in [5, 5.41) is 0. The molecule has 0 fully saturated rings. The molecule has 4 heteroatoms. The van der Waals surface area contributed by atoms with Crippen LogP contribution in [0.5, 0.6) is 0 Å². The van der Waals surface area contributed by atoms with E-state index in [1.807, 2.05) is 18.9 Å². The predicted octanol–water partition coefficient (Wildman–Crippen LogP) is 0.824. The van der Waals surface area contributed by atoms with Gasteiger partial charge in [0.05, 0.1) is 11.4 Å². The Bertz CT molecular complexity index is 349. The van der Waals surface area contributed by atoms with Crippen molar-refractivity contribution in [1.82, 2.24) is 0 Å². The van der Waals surface area contributed by atoms with Crippen LogP contribution in [0.3, 0.4) is 0 Å². The summed E-state index contributed by atoms with van der Waals surface area (Å²) in [6, 6.07) is 5.04. The maximum absolute atomic E-state index is 10.9. The summed E-state index contributed by atoms with van der Waals surface area (Å²) >= 11 is 0. The smallest absolute Gasteiger partial charge is 0.248 e. The minimum absolute atomic E-state index is 0.434. The second-order valence-corrected chi connectivity index (χ2v) is 3.15. The fourth-order valence-corrected chi connectivity index (χ4v) is 1.20. The molecule has 0 saturated heterocycles. The third-order valence-corrected chi connectivity index (χ3v) is 2.20. The van der Waals surface area contributed by atoms with Crippen LogP contribution in [0.15, 0.2) is 18.2 Å². The van der Waals surface area contributed by atoms with Crippen molar-refractivity contribution in [2.75, 3.05) is 24.2 Å². The molecule has 4 N–H and O–H groups in total. The van der Waals surface area contributed by atoms with Gasteiger partial charge in [0.2, 0.25) is 5.91 Å². The van der Waals surface area contributed by atoms with Gasteiger partial charge in [0.1, 0.15) is 0 Å². The van der Waals surface area contributed by atoms with Crippen LogP contribution < -0.4 is 16.4 Å². The molecule has 0 saturated carbocycles. The highest BCUT2D eigenvalue weighted by molar-refractivity contribution is 5.95. The third kappa shape index (κ3) is 1.96. The normalized spacial score (nSPS) is 9.86. The van der Waals surface area contributed by atoms with Crippen molar-refractivity contribution >= 4 is 17.3 Å². The van der Waals surface area contributed by atoms with E-state index in [1.54, 1.807) is 18.2 Å². The highest BCUT2D eigenvalue weighted by Gasteiger charge is 2.07. The van der Waals surface area contributed by atoms with Crippen molar-refractivity contribution in [3.05, 3.63) is 23.8 Å². The number of rotatable bonds is 3. The van der Waals surface area contributed by atoms with E-state index in [9.17, 15) is 4.79 Å². The molecule has 0 aromatic heterocycles. The molecule has 0 aliphatic rings. The van der Waals surface area contributed by atoms with E-state index in [0.29, 0.717) is 11.3 Å². The molecule has 0 aliphatic carbocycles. The number of hydrogen-bond donors (Lipinski definition) is 2. The number of anilines is 2. The number of hydrogen-bond acceptors (Lipinski definition) is 3. The Morgan fingerprint density at radius 3 is 2.64 bits per heavy atom. The third-order valence-electron chi connectivity index (χ3n) is 2.20. The summed E-state index contributed by atoms with van der Waals surface area (Å²) in [5.74, 6) is -0.434. The summed E-state index contributed by atoms with van der Waals surface area (Å²) in [4.78, 5) is 12.9. The monoisotopic (exact) mass is 193 g/mol. The molecular weight excluding hydrogens is 178 g/mol. The van der Waals surface area contributed by atoms with Gasteiger partial charge >= 0.3 is 0 Å². The van der Waals surface area contributed by atoms with Crippen LogP contribution in [0.2, 0.25) is 0 Å². The zero-order chi connectivity index (χ0) is 10.7. The summed E-state index contributed by atoms with van der Waals surface area (Å²) in [5.41, 5.74) is 12.9. The van der Waals surface area contributed by atoms with E-state index in [4.69, 9.17) is 11.5 Å². The molecule has 1 rings (SSSR count). The number of carbonyl (C=O) groups is 1. The highest BCUT2D eigenvalue weighted by Crippen LogP contribution is 2.23. The molecular formula is C10H15N3O. The molecule has 0 unspecified atom stereocenters. The van der Waals surface area contributed by atoms with Crippen LogP contribution in [0.1, 0.15) is 17.3 Å². The van der Waals surface area contributed by atoms with E-state index < -0.39 is 5.91 Å². The molecule has 0 aliphatic heterocycles. The molecule has 0 spiro atoms. The fraction of sp³-hybridized carbons (Fsp3) is 0.300. The van der Waals surface area contributed by atoms with Crippen LogP contribution in [-0.4, -0.2) is 19.5 Å². The van der Waals surface area contributed by atoms with Gasteiger partial charge in [-0.1, -0.05) is 0 Å². The molecule has 1 amide bonds. The molecule has 1 aromatic rings. The zero-order valence-electron chi connectivity index (χ0n) is 8.45. The summed E-state index contributed by atoms with van der Waals surface area (Å²) in [6.45, 7) is 2.84. The van der Waals surface area contributed by atoms with E-state index in [1.165, 1.54) is 0 Å². The predicted molar refractivity (Wildman–Crippen MR) is 58.3 cm³/mol. The largest absolute Gasteiger partial charge is 0.397 e. The van der Waals surface area contributed by atoms with Crippen molar-refractivity contribution in [2.24, 2.45) is 5.73 Å². The van der Waals surface area contributed by atoms with Crippen LogP contribution in [0.25, 0.3) is 0 Å². The second-order valence-electron chi connectivity index (χ2n) is 3.15. The number of nitrogens with two attached hydrogens (primary N) is 2. The van der Waals surface area contributed by atoms with Crippen LogP contribution in [0.4, 0.5) is 11.4 Å². The average Bonchev–Trinajstić information content (AvgIpc) is 2.17. The van der Waals surface area contributed by atoms with Crippen molar-refractivity contribution in [3.63, 3.8) is 0 Å². The SMILES string of the molecule is CCN(C)c1cc(C(N)=O)ccc1N. The van der Waals surface area contributed by atoms with E-state index in [0.717, 1.165) is 12.2 Å². The molecule has 14 heavy (non-hydrogen) atoms. The maximum atomic E-state index is 10.9. The second kappa shape index (κ2) is 4.00. The van der Waals surface area contributed by atoms with Crippen molar-refractivity contribution in [1.29, 1.82) is 0 Å². The molecule has 76 valence electrons. The Kier molecular flexibility index (Phi) is 2.96. The number of nitrogens with zero attached hydrogens (tertiary/aromatic N) is 1. The molecule has 0 heterocycles. The van der Waals surface area contributed by atoms with Crippen molar-refractivity contribution in [2.45, 2.75) is 6.92 Å². The number of amides is 1. The lowest BCUT2D eigenvalue weighted by atomic mass is 10.1. The Balaban J connectivity index is 3.14. The van der Waals surface area contributed by atoms with Gasteiger partial charge in [-0.05, 0) is 25.1 Å². The van der Waals surface area contributed by atoms with Crippen LogP contribution >= 0.6 is 0 Å². The van der Waals surface area contributed by atoms with E-state index in [-0.39, 0.29) is 0 Å². The molecule has 0 atom stereocenters. The van der Waals surface area contributed by atoms with E-state index in [2.05, 4.69) is 0 Å². The molecule has 4 nitrogen and oxygen atoms in total. The van der Waals surface area contributed by atoms with Gasteiger partial charge in [-0.25, -0.2) is 0 Å². The first-order chi connectivity index (χ1) is 6.56. The first kappa shape index (κ1) is 10.4. The fourth-order valence-electron chi connectivity index (χ4n) is 1.20. The average molecular weight is 193 g/mol. The first-order valence-corrected chi connectivity index (χ1v) is 4.46. The minimum Gasteiger partial charge on any atom is -0.397 e. The number of benzene rings is 1. The maximum Gasteiger partial charge on any atom is 0.248 e. The van der Waals surface area contributed by atoms with Gasteiger partial charge in [-0.2, -0.15) is 0 Å². The van der Waals surface area contributed by atoms with Gasteiger partial charge in [0.15, 0.2) is 0 Å². The number of carbonyl (C=O) groups excluding carboxylic acids is 1.